The van der Waals surface area contributed by atoms with Crippen LogP contribution in [0.4, 0.5) is 4.79 Å². The van der Waals surface area contributed by atoms with E-state index in [-0.39, 0.29) is 21.4 Å². The number of hydrogen-bond donors (Lipinski definition) is 2. The minimum absolute atomic E-state index is 0. The predicted molar refractivity (Wildman–Crippen MR) is 97.8 cm³/mol. The number of fused-ring (bicyclic) bond motifs is 1. The van der Waals surface area contributed by atoms with Crippen LogP contribution in [0.5, 0.6) is 0 Å². The summed E-state index contributed by atoms with van der Waals surface area (Å²) >= 11 is 0. The van der Waals surface area contributed by atoms with Gasteiger partial charge in [-0.05, 0) is 49.9 Å². The first-order chi connectivity index (χ1) is 11.8. The van der Waals surface area contributed by atoms with Gasteiger partial charge in [-0.15, -0.1) is 0 Å². The van der Waals surface area contributed by atoms with Crippen LogP contribution in [0, 0.1) is 17.8 Å². The number of primary amides is 1. The average Bonchev–Trinajstić information content (AvgIpc) is 2.95. The minimum Gasteiger partial charge on any atom is -0.446 e. The number of amides is 3. The Morgan fingerprint density at radius 1 is 1.20 bits per heavy atom. The molecule has 1 saturated heterocycles. The van der Waals surface area contributed by atoms with Crippen LogP contribution >= 0.6 is 0 Å². The van der Waals surface area contributed by atoms with Gasteiger partial charge in [0.2, 0.25) is 11.8 Å². The highest BCUT2D eigenvalue weighted by molar-refractivity contribution is 5.89. The molecule has 7 nitrogen and oxygen atoms in total. The molecule has 0 aromatic carbocycles. The molecule has 1 aliphatic heterocycles. The van der Waals surface area contributed by atoms with E-state index >= 15 is 0 Å². The molecule has 3 fully saturated rings. The Hall–Kier alpha value is -1.79. The number of carbonyl (C=O) groups excluding carboxylic acids is 3. The number of ether oxygens (including phenoxy) is 1. The van der Waals surface area contributed by atoms with Gasteiger partial charge in [0.05, 0.1) is 0 Å². The molecule has 2 saturated carbocycles. The molecule has 3 N–H and O–H groups in total. The number of nitrogens with two attached hydrogens (primary N) is 1. The number of carbonyl (C=O) groups is 3. The number of likely N-dealkylation sites (tertiary alicyclic amines) is 1. The monoisotopic (exact) mass is 357 g/mol. The second kappa shape index (κ2) is 8.54. The van der Waals surface area contributed by atoms with E-state index in [1.807, 2.05) is 0 Å². The lowest BCUT2D eigenvalue weighted by molar-refractivity contribution is -0.136. The normalized spacial score (nSPS) is 29.5. The predicted octanol–water partition coefficient (Wildman–Crippen LogP) is 2.14. The first-order valence-electron chi connectivity index (χ1n) is 9.31. The van der Waals surface area contributed by atoms with Crippen LogP contribution in [-0.4, -0.2) is 48.0 Å². The third-order valence-electron chi connectivity index (χ3n) is 4.76. The molecule has 2 unspecified atom stereocenters. The summed E-state index contributed by atoms with van der Waals surface area (Å²) in [6, 6.07) is -0.544. The molecule has 146 valence electrons. The molecule has 3 rings (SSSR count). The van der Waals surface area contributed by atoms with E-state index in [0.29, 0.717) is 13.0 Å². The maximum absolute atomic E-state index is 12.0. The summed E-state index contributed by atoms with van der Waals surface area (Å²) in [5, 5.41) is 2.47. The molecule has 3 amide bonds. The topological polar surface area (TPSA) is 102 Å². The Morgan fingerprint density at radius 2 is 1.80 bits per heavy atom. The Balaban J connectivity index is 0.00000103. The highest BCUT2D eigenvalue weighted by atomic mass is 16.6. The zero-order valence-corrected chi connectivity index (χ0v) is 15.5. The number of nitrogens with zero attached hydrogens (tertiary/aromatic N) is 1. The van der Waals surface area contributed by atoms with Crippen molar-refractivity contribution in [3.63, 3.8) is 0 Å². The molecule has 0 bridgehead atoms. The number of alkyl carbamates (subject to hydrolysis) is 1. The number of nitrogens with one attached hydrogen (secondary N) is 1. The molecular formula is C18H35N3O4. The summed E-state index contributed by atoms with van der Waals surface area (Å²) in [5.74, 6) is 1.53. The van der Waals surface area contributed by atoms with Crippen LogP contribution in [0.2, 0.25) is 0 Å². The molecule has 3 aliphatic rings. The van der Waals surface area contributed by atoms with E-state index in [4.69, 9.17) is 10.5 Å². The summed E-state index contributed by atoms with van der Waals surface area (Å²) in [5.41, 5.74) is 5.26. The molecule has 0 aromatic heterocycles. The van der Waals surface area contributed by atoms with Crippen molar-refractivity contribution in [3.8, 4) is 0 Å². The van der Waals surface area contributed by atoms with E-state index in [0.717, 1.165) is 37.0 Å². The summed E-state index contributed by atoms with van der Waals surface area (Å²) in [7, 11) is 0. The van der Waals surface area contributed by atoms with E-state index in [2.05, 4.69) is 26.1 Å². The van der Waals surface area contributed by atoms with Gasteiger partial charge in [0.1, 0.15) is 18.7 Å². The Bertz CT molecular complexity index is 506. The fraction of sp³-hybridized carbons (Fsp3) is 0.833. The van der Waals surface area contributed by atoms with Crippen LogP contribution in [0.25, 0.3) is 0 Å². The van der Waals surface area contributed by atoms with Crippen molar-refractivity contribution in [2.45, 2.75) is 65.0 Å². The van der Waals surface area contributed by atoms with Crippen molar-refractivity contribution in [1.29, 1.82) is 0 Å². The summed E-state index contributed by atoms with van der Waals surface area (Å²) < 4.78 is 5.29. The molecule has 7 heteroatoms. The van der Waals surface area contributed by atoms with Crippen molar-refractivity contribution < 1.29 is 22.0 Å². The van der Waals surface area contributed by atoms with Gasteiger partial charge in [-0.25, -0.2) is 4.79 Å². The Morgan fingerprint density at radius 3 is 2.36 bits per heavy atom. The number of hydrogen-bond acceptors (Lipinski definition) is 4. The van der Waals surface area contributed by atoms with Crippen LogP contribution in [0.15, 0.2) is 0 Å². The van der Waals surface area contributed by atoms with Gasteiger partial charge in [-0.3, -0.25) is 9.59 Å². The molecule has 0 radical (unpaired) electrons. The van der Waals surface area contributed by atoms with Gasteiger partial charge >= 0.3 is 6.09 Å². The smallest absolute Gasteiger partial charge is 0.407 e. The lowest BCUT2D eigenvalue weighted by Gasteiger charge is -2.22. The first kappa shape index (κ1) is 19.5. The molecule has 4 atom stereocenters. The van der Waals surface area contributed by atoms with Crippen molar-refractivity contribution in [2.24, 2.45) is 23.5 Å². The van der Waals surface area contributed by atoms with Gasteiger partial charge in [0, 0.05) is 9.40 Å². The van der Waals surface area contributed by atoms with E-state index in [9.17, 15) is 14.4 Å². The summed E-state index contributed by atoms with van der Waals surface area (Å²) in [4.78, 5) is 36.3. The Kier molecular flexibility index (Phi) is 6.67. The lowest BCUT2D eigenvalue weighted by atomic mass is 10.2. The third-order valence-corrected chi connectivity index (χ3v) is 4.76. The highest BCUT2D eigenvalue weighted by Gasteiger charge is 2.47. The quantitative estimate of drug-likeness (QED) is 0.804. The fourth-order valence-electron chi connectivity index (χ4n) is 3.56. The molecule has 0 aromatic rings. The molecule has 0 spiro atoms. The largest absolute Gasteiger partial charge is 0.446 e. The van der Waals surface area contributed by atoms with Gasteiger partial charge in [-0.1, -0.05) is 20.8 Å². The summed E-state index contributed by atoms with van der Waals surface area (Å²) in [6.07, 6.45) is 3.96. The minimum atomic E-state index is -0.551. The zero-order chi connectivity index (χ0) is 18.6. The molecular weight excluding hydrogens is 322 g/mol. The van der Waals surface area contributed by atoms with Crippen molar-refractivity contribution in [1.82, 2.24) is 10.2 Å². The standard InChI is InChI=1S/C14H21N3O4.C4H10.2H2/c15-13(19)11-2-1-3-17(11)12(18)7-16-14(20)21-10-5-8-4-9(8)6-10;1-4(2)3;;/h8-11H,1-7H2,(H2,15,19)(H,16,20);4H,1-3H3;2*1H/t8-,9?,10?,11+;;;/m1.../s1. The second-order valence-corrected chi connectivity index (χ2v) is 7.99. The zero-order valence-electron chi connectivity index (χ0n) is 15.5. The van der Waals surface area contributed by atoms with Crippen LogP contribution in [0.3, 0.4) is 0 Å². The van der Waals surface area contributed by atoms with Gasteiger partial charge in [-0.2, -0.15) is 0 Å². The second-order valence-electron chi connectivity index (χ2n) is 7.99. The Labute approximate surface area is 152 Å². The molecule has 1 heterocycles. The maximum atomic E-state index is 12.0. The highest BCUT2D eigenvalue weighted by Crippen LogP contribution is 2.52. The fourth-order valence-corrected chi connectivity index (χ4v) is 3.56. The van der Waals surface area contributed by atoms with Crippen LogP contribution in [0.1, 0.15) is 55.7 Å². The maximum Gasteiger partial charge on any atom is 0.407 e. The van der Waals surface area contributed by atoms with Crippen molar-refractivity contribution in [3.05, 3.63) is 0 Å². The van der Waals surface area contributed by atoms with E-state index < -0.39 is 18.0 Å². The van der Waals surface area contributed by atoms with Gasteiger partial charge in [0.15, 0.2) is 0 Å². The van der Waals surface area contributed by atoms with E-state index in [1.54, 1.807) is 0 Å². The van der Waals surface area contributed by atoms with Crippen molar-refractivity contribution in [2.75, 3.05) is 13.1 Å². The van der Waals surface area contributed by atoms with E-state index in [1.165, 1.54) is 11.3 Å². The first-order valence-corrected chi connectivity index (χ1v) is 9.31. The summed E-state index contributed by atoms with van der Waals surface area (Å²) in [6.45, 7) is 6.86. The van der Waals surface area contributed by atoms with Gasteiger partial charge in [0.25, 0.3) is 0 Å². The number of rotatable bonds is 4. The van der Waals surface area contributed by atoms with Crippen molar-refractivity contribution >= 4 is 17.9 Å². The van der Waals surface area contributed by atoms with Gasteiger partial charge < -0.3 is 20.7 Å². The molecule has 25 heavy (non-hydrogen) atoms. The molecule has 2 aliphatic carbocycles. The lowest BCUT2D eigenvalue weighted by Crippen LogP contribution is -2.47. The van der Waals surface area contributed by atoms with Crippen LogP contribution < -0.4 is 11.1 Å². The van der Waals surface area contributed by atoms with Crippen LogP contribution in [-0.2, 0) is 14.3 Å². The third kappa shape index (κ3) is 5.90. The average molecular weight is 357 g/mol. The SMILES string of the molecule is CC(C)C.NC(=O)[C@@H]1CCCN1C(=O)CNC(=O)OC1CC2C[C@@H]2C1.[HH].[HH].